The number of hydrogen-bond donors (Lipinski definition) is 0. The number of unbranched alkanes of at least 4 members (excludes halogenated alkanes) is 22. The third-order valence-corrected chi connectivity index (χ3v) is 12.5. The number of carbonyl (C=O) groups is 3. The van der Waals surface area contributed by atoms with E-state index >= 15 is 0 Å². The monoisotopic (exact) mass is 1010 g/mol. The van der Waals surface area contributed by atoms with Crippen LogP contribution in [0.25, 0.3) is 0 Å². The van der Waals surface area contributed by atoms with Crippen LogP contribution in [0.3, 0.4) is 0 Å². The third kappa shape index (κ3) is 58.6. The van der Waals surface area contributed by atoms with Crippen molar-refractivity contribution in [2.45, 2.75) is 271 Å². The van der Waals surface area contributed by atoms with E-state index in [0.717, 1.165) is 148 Å². The molecule has 6 nitrogen and oxygen atoms in total. The van der Waals surface area contributed by atoms with Gasteiger partial charge in [-0.25, -0.2) is 0 Å². The van der Waals surface area contributed by atoms with Gasteiger partial charge in [0.05, 0.1) is 0 Å². The summed E-state index contributed by atoms with van der Waals surface area (Å²) in [4.78, 5) is 38.0. The van der Waals surface area contributed by atoms with Gasteiger partial charge in [-0.05, 0) is 116 Å². The number of ether oxygens (including phenoxy) is 3. The van der Waals surface area contributed by atoms with Crippen LogP contribution in [0.4, 0.5) is 0 Å². The van der Waals surface area contributed by atoms with Crippen LogP contribution < -0.4 is 0 Å². The highest BCUT2D eigenvalue weighted by Crippen LogP contribution is 2.14. The molecule has 0 radical (unpaired) electrons. The average Bonchev–Trinajstić information content (AvgIpc) is 3.39. The fourth-order valence-corrected chi connectivity index (χ4v) is 7.96. The van der Waals surface area contributed by atoms with Crippen LogP contribution in [-0.4, -0.2) is 37.2 Å². The number of hydrogen-bond acceptors (Lipinski definition) is 6. The topological polar surface area (TPSA) is 78.9 Å². The van der Waals surface area contributed by atoms with Gasteiger partial charge in [0.25, 0.3) is 0 Å². The van der Waals surface area contributed by atoms with Crippen LogP contribution in [0.2, 0.25) is 0 Å². The molecule has 0 aliphatic heterocycles. The van der Waals surface area contributed by atoms with Gasteiger partial charge < -0.3 is 14.2 Å². The van der Waals surface area contributed by atoms with Gasteiger partial charge in [0.1, 0.15) is 13.2 Å². The SMILES string of the molecule is CC/C=C\C/C=C\C/C=C\C/C=C\C/C=C\C/C=C\C/C=C\C/C=C\C/C=C\CCCCCCCC(=O)OCC(COC(=O)CCCCCCCCCC)OC(=O)CCCCCCC/C=C\CCCCCCC. The van der Waals surface area contributed by atoms with Crippen molar-refractivity contribution in [3.8, 4) is 0 Å². The second-order valence-electron chi connectivity index (χ2n) is 19.5. The lowest BCUT2D eigenvalue weighted by molar-refractivity contribution is -0.167. The zero-order chi connectivity index (χ0) is 52.9. The highest BCUT2D eigenvalue weighted by molar-refractivity contribution is 5.71. The second-order valence-corrected chi connectivity index (χ2v) is 19.5. The summed E-state index contributed by atoms with van der Waals surface area (Å²) in [7, 11) is 0. The van der Waals surface area contributed by atoms with E-state index in [-0.39, 0.29) is 31.1 Å². The van der Waals surface area contributed by atoms with Crippen molar-refractivity contribution in [1.29, 1.82) is 0 Å². The van der Waals surface area contributed by atoms with Gasteiger partial charge in [-0.15, -0.1) is 0 Å². The summed E-state index contributed by atoms with van der Waals surface area (Å²) >= 11 is 0. The van der Waals surface area contributed by atoms with Crippen molar-refractivity contribution in [3.63, 3.8) is 0 Å². The van der Waals surface area contributed by atoms with Gasteiger partial charge in [0.15, 0.2) is 6.10 Å². The van der Waals surface area contributed by atoms with Gasteiger partial charge in [0.2, 0.25) is 0 Å². The normalized spacial score (nSPS) is 13.0. The molecule has 1 unspecified atom stereocenters. The van der Waals surface area contributed by atoms with Crippen molar-refractivity contribution >= 4 is 17.9 Å². The molecule has 0 saturated carbocycles. The van der Waals surface area contributed by atoms with E-state index < -0.39 is 6.10 Å². The molecule has 0 saturated heterocycles. The molecule has 0 amide bonds. The van der Waals surface area contributed by atoms with E-state index in [4.69, 9.17) is 14.2 Å². The fourth-order valence-electron chi connectivity index (χ4n) is 7.96. The van der Waals surface area contributed by atoms with E-state index in [1.54, 1.807) is 0 Å². The largest absolute Gasteiger partial charge is 0.462 e. The Labute approximate surface area is 450 Å². The first-order chi connectivity index (χ1) is 36.0. The first-order valence-electron chi connectivity index (χ1n) is 30.0. The van der Waals surface area contributed by atoms with Crippen molar-refractivity contribution in [3.05, 3.63) is 122 Å². The number of carbonyl (C=O) groups excluding carboxylic acids is 3. The molecule has 6 heteroatoms. The van der Waals surface area contributed by atoms with Gasteiger partial charge in [-0.1, -0.05) is 251 Å². The van der Waals surface area contributed by atoms with Crippen LogP contribution in [0, 0.1) is 0 Å². The Balaban J connectivity index is 4.22. The molecule has 73 heavy (non-hydrogen) atoms. The molecule has 0 fully saturated rings. The molecule has 0 aromatic rings. The average molecular weight is 1010 g/mol. The molecular formula is C67H110O6. The summed E-state index contributed by atoms with van der Waals surface area (Å²) < 4.78 is 16.8. The second kappa shape index (κ2) is 60.4. The predicted octanol–water partition coefficient (Wildman–Crippen LogP) is 20.4. The van der Waals surface area contributed by atoms with Crippen molar-refractivity contribution in [2.75, 3.05) is 13.2 Å². The maximum Gasteiger partial charge on any atom is 0.306 e. The predicted molar refractivity (Wildman–Crippen MR) is 316 cm³/mol. The quantitative estimate of drug-likeness (QED) is 0.0261. The van der Waals surface area contributed by atoms with E-state index in [0.29, 0.717) is 19.3 Å². The smallest absolute Gasteiger partial charge is 0.306 e. The third-order valence-electron chi connectivity index (χ3n) is 12.5. The number of esters is 3. The summed E-state index contributed by atoms with van der Waals surface area (Å²) in [6, 6.07) is 0. The van der Waals surface area contributed by atoms with Crippen molar-refractivity contribution < 1.29 is 28.6 Å². The lowest BCUT2D eigenvalue weighted by Gasteiger charge is -2.18. The summed E-state index contributed by atoms with van der Waals surface area (Å²) in [5.41, 5.74) is 0. The Morgan fingerprint density at radius 3 is 0.849 bits per heavy atom. The maximum atomic E-state index is 12.8. The van der Waals surface area contributed by atoms with Crippen LogP contribution in [-0.2, 0) is 28.6 Å². The van der Waals surface area contributed by atoms with Crippen molar-refractivity contribution in [1.82, 2.24) is 0 Å². The van der Waals surface area contributed by atoms with E-state index in [2.05, 4.69) is 142 Å². The molecular weight excluding hydrogens is 901 g/mol. The Morgan fingerprint density at radius 1 is 0.288 bits per heavy atom. The van der Waals surface area contributed by atoms with Gasteiger partial charge in [-0.2, -0.15) is 0 Å². The van der Waals surface area contributed by atoms with Crippen LogP contribution in [0.15, 0.2) is 122 Å². The maximum absolute atomic E-state index is 12.8. The first kappa shape index (κ1) is 68.8. The molecule has 0 N–H and O–H groups in total. The Kier molecular flexibility index (Phi) is 56.9. The minimum Gasteiger partial charge on any atom is -0.462 e. The van der Waals surface area contributed by atoms with Crippen LogP contribution in [0.5, 0.6) is 0 Å². The molecule has 0 aliphatic rings. The van der Waals surface area contributed by atoms with Crippen molar-refractivity contribution in [2.24, 2.45) is 0 Å². The highest BCUT2D eigenvalue weighted by atomic mass is 16.6. The van der Waals surface area contributed by atoms with Gasteiger partial charge >= 0.3 is 17.9 Å². The minimum atomic E-state index is -0.789. The van der Waals surface area contributed by atoms with E-state index in [9.17, 15) is 14.4 Å². The van der Waals surface area contributed by atoms with E-state index in [1.807, 2.05) is 0 Å². The summed E-state index contributed by atoms with van der Waals surface area (Å²) in [5, 5.41) is 0. The molecule has 0 aliphatic carbocycles. The molecule has 0 rings (SSSR count). The lowest BCUT2D eigenvalue weighted by atomic mass is 10.1. The molecule has 0 spiro atoms. The zero-order valence-corrected chi connectivity index (χ0v) is 47.4. The molecule has 0 heterocycles. The lowest BCUT2D eigenvalue weighted by Crippen LogP contribution is -2.30. The van der Waals surface area contributed by atoms with Crippen LogP contribution in [0.1, 0.15) is 265 Å². The van der Waals surface area contributed by atoms with Crippen LogP contribution >= 0.6 is 0 Å². The first-order valence-corrected chi connectivity index (χ1v) is 30.0. The summed E-state index contributed by atoms with van der Waals surface area (Å²) in [6.07, 6.45) is 83.6. The standard InChI is InChI=1S/C67H110O6/c1-4-7-10-13-16-19-21-23-25-26-27-28-29-30-31-32-33-34-35-36-37-38-39-40-41-42-43-45-46-48-51-54-57-60-66(69)72-63-64(62-71-65(68)59-56-53-50-18-15-12-9-6-3)73-67(70)61-58-55-52-49-47-44-24-22-20-17-14-11-8-5-2/h7,10,16,19,22-25,27-28,30-31,33-34,36-37,39-40,42-43,64H,4-6,8-9,11-15,17-18,20-21,26,29,32,35,38,41,44-63H2,1-3H3/b10-7-,19-16-,24-22-,25-23-,28-27-,31-30-,34-33-,37-36-,40-39-,43-42-. The molecule has 1 atom stereocenters. The molecule has 0 aromatic carbocycles. The Morgan fingerprint density at radius 2 is 0.534 bits per heavy atom. The minimum absolute atomic E-state index is 0.0878. The summed E-state index contributed by atoms with van der Waals surface area (Å²) in [6.45, 7) is 6.46. The molecule has 414 valence electrons. The summed E-state index contributed by atoms with van der Waals surface area (Å²) in [5.74, 6) is -0.922. The van der Waals surface area contributed by atoms with Gasteiger partial charge in [0, 0.05) is 19.3 Å². The van der Waals surface area contributed by atoms with E-state index in [1.165, 1.54) is 77.0 Å². The number of allylic oxidation sites excluding steroid dienone is 20. The number of rotatable bonds is 53. The zero-order valence-electron chi connectivity index (χ0n) is 47.4. The Bertz CT molecular complexity index is 1540. The highest BCUT2D eigenvalue weighted by Gasteiger charge is 2.19. The molecule has 0 aromatic heterocycles. The Hall–Kier alpha value is -4.19. The fraction of sp³-hybridized carbons (Fsp3) is 0.657. The van der Waals surface area contributed by atoms with Gasteiger partial charge in [-0.3, -0.25) is 14.4 Å². The molecule has 0 bridgehead atoms.